The van der Waals surface area contributed by atoms with Gasteiger partial charge in [-0.25, -0.2) is 0 Å². The molecule has 0 saturated carbocycles. The molecule has 1 aromatic carbocycles. The lowest BCUT2D eigenvalue weighted by Gasteiger charge is -2.01. The van der Waals surface area contributed by atoms with Gasteiger partial charge in [-0.15, -0.1) is 0 Å². The first-order chi connectivity index (χ1) is 10.2. The van der Waals surface area contributed by atoms with Crippen molar-refractivity contribution in [3.8, 4) is 0 Å². The molecule has 8 heteroatoms. The zero-order valence-electron chi connectivity index (χ0n) is 11.0. The molecule has 0 spiro atoms. The fraction of sp³-hybridized carbons (Fsp3) is 0.154. The molecule has 108 valence electrons. The van der Waals surface area contributed by atoms with Gasteiger partial charge in [0, 0.05) is 24.9 Å². The number of rotatable bonds is 4. The summed E-state index contributed by atoms with van der Waals surface area (Å²) in [6.07, 6.45) is 0. The molecule has 2 aromatic heterocycles. The highest BCUT2D eigenvalue weighted by Crippen LogP contribution is 2.19. The molecule has 0 unspecified atom stereocenters. The van der Waals surface area contributed by atoms with Crippen LogP contribution in [0.4, 0.5) is 5.69 Å². The number of oxazole rings is 1. The third kappa shape index (κ3) is 2.86. The number of anilines is 1. The number of fused-ring (bicyclic) bond motifs is 1. The maximum atomic E-state index is 12.0. The highest BCUT2D eigenvalue weighted by molar-refractivity contribution is 7.71. The van der Waals surface area contributed by atoms with Crippen LogP contribution in [0.15, 0.2) is 33.2 Å². The van der Waals surface area contributed by atoms with E-state index in [4.69, 9.17) is 25.9 Å². The van der Waals surface area contributed by atoms with E-state index in [2.05, 4.69) is 15.5 Å². The van der Waals surface area contributed by atoms with E-state index < -0.39 is 0 Å². The van der Waals surface area contributed by atoms with Gasteiger partial charge in [0.25, 0.3) is 10.7 Å². The fourth-order valence-electron chi connectivity index (χ4n) is 1.85. The molecule has 0 aliphatic carbocycles. The minimum absolute atomic E-state index is 0.178. The molecule has 0 saturated heterocycles. The summed E-state index contributed by atoms with van der Waals surface area (Å²) in [4.78, 5) is 15.2. The molecule has 0 aliphatic rings. The standard InChI is InChI=1S/C13H11N3O4S/c1-18-6-8-5-10(16-20-8)12(17)14-7-2-3-9-11(4-7)19-13(21)15-9/h2-5H,6H2,1H3,(H,14,17)(H,15,21). The Morgan fingerprint density at radius 2 is 2.33 bits per heavy atom. The van der Waals surface area contributed by atoms with Gasteiger partial charge in [0.05, 0.1) is 5.52 Å². The Labute approximate surface area is 123 Å². The van der Waals surface area contributed by atoms with Gasteiger partial charge in [-0.3, -0.25) is 4.79 Å². The molecule has 0 aliphatic heterocycles. The minimum atomic E-state index is -0.380. The van der Waals surface area contributed by atoms with Crippen LogP contribution in [0.1, 0.15) is 16.2 Å². The van der Waals surface area contributed by atoms with Gasteiger partial charge in [-0.2, -0.15) is 0 Å². The number of ether oxygens (including phenoxy) is 1. The Kier molecular flexibility index (Phi) is 3.55. The second-order valence-corrected chi connectivity index (χ2v) is 4.66. The molecule has 2 N–H and O–H groups in total. The molecular weight excluding hydrogens is 294 g/mol. The molecule has 0 bridgehead atoms. The van der Waals surface area contributed by atoms with Crippen molar-refractivity contribution in [3.63, 3.8) is 0 Å². The topological polar surface area (TPSA) is 93.3 Å². The van der Waals surface area contributed by atoms with Crippen molar-refractivity contribution in [2.24, 2.45) is 0 Å². The van der Waals surface area contributed by atoms with Crippen molar-refractivity contribution < 1.29 is 18.5 Å². The van der Waals surface area contributed by atoms with Crippen molar-refractivity contribution in [1.82, 2.24) is 10.1 Å². The summed E-state index contributed by atoms with van der Waals surface area (Å²) >= 11 is 4.90. The predicted octanol–water partition coefficient (Wildman–Crippen LogP) is 2.88. The number of nitrogens with zero attached hydrogens (tertiary/aromatic N) is 1. The Balaban J connectivity index is 1.79. The summed E-state index contributed by atoms with van der Waals surface area (Å²) in [5, 5.41) is 6.39. The summed E-state index contributed by atoms with van der Waals surface area (Å²) in [5.74, 6) is 0.101. The number of methoxy groups -OCH3 is 1. The molecule has 1 amide bonds. The number of hydrogen-bond acceptors (Lipinski definition) is 6. The van der Waals surface area contributed by atoms with Gasteiger partial charge in [0.15, 0.2) is 17.0 Å². The fourth-order valence-corrected chi connectivity index (χ4v) is 2.05. The summed E-state index contributed by atoms with van der Waals surface area (Å²) in [7, 11) is 1.53. The monoisotopic (exact) mass is 305 g/mol. The molecule has 0 radical (unpaired) electrons. The number of H-pyrrole nitrogens is 1. The number of aromatic amines is 1. The van der Waals surface area contributed by atoms with Gasteiger partial charge in [0.1, 0.15) is 6.61 Å². The first-order valence-electron chi connectivity index (χ1n) is 6.04. The average Bonchev–Trinajstić information content (AvgIpc) is 3.04. The Bertz CT molecular complexity index is 848. The lowest BCUT2D eigenvalue weighted by atomic mass is 10.2. The van der Waals surface area contributed by atoms with Crippen LogP contribution in [-0.4, -0.2) is 23.2 Å². The van der Waals surface area contributed by atoms with E-state index in [1.165, 1.54) is 13.2 Å². The maximum absolute atomic E-state index is 12.0. The third-order valence-corrected chi connectivity index (χ3v) is 2.94. The summed E-state index contributed by atoms with van der Waals surface area (Å²) in [5.41, 5.74) is 2.08. The average molecular weight is 305 g/mol. The van der Waals surface area contributed by atoms with Crippen LogP contribution >= 0.6 is 12.2 Å². The number of benzene rings is 1. The van der Waals surface area contributed by atoms with Gasteiger partial charge in [0.2, 0.25) is 0 Å². The third-order valence-electron chi connectivity index (χ3n) is 2.76. The number of carbonyl (C=O) groups excluding carboxylic acids is 1. The van der Waals surface area contributed by atoms with E-state index in [0.717, 1.165) is 5.52 Å². The smallest absolute Gasteiger partial charge is 0.277 e. The lowest BCUT2D eigenvalue weighted by Crippen LogP contribution is -2.12. The maximum Gasteiger partial charge on any atom is 0.277 e. The van der Waals surface area contributed by atoms with Crippen LogP contribution in [0.2, 0.25) is 0 Å². The molecule has 3 rings (SSSR count). The number of nitrogens with one attached hydrogen (secondary N) is 2. The van der Waals surface area contributed by atoms with E-state index >= 15 is 0 Å². The van der Waals surface area contributed by atoms with E-state index in [9.17, 15) is 4.79 Å². The van der Waals surface area contributed by atoms with Crippen LogP contribution in [-0.2, 0) is 11.3 Å². The first kappa shape index (κ1) is 13.5. The number of amides is 1. The van der Waals surface area contributed by atoms with Crippen LogP contribution < -0.4 is 5.32 Å². The van der Waals surface area contributed by atoms with Crippen molar-refractivity contribution in [2.45, 2.75) is 6.61 Å². The second-order valence-electron chi connectivity index (χ2n) is 4.29. The largest absolute Gasteiger partial charge is 0.429 e. The second kappa shape index (κ2) is 5.51. The van der Waals surface area contributed by atoms with Crippen molar-refractivity contribution in [2.75, 3.05) is 12.4 Å². The summed E-state index contributed by atoms with van der Waals surface area (Å²) in [6, 6.07) is 6.70. The number of hydrogen-bond donors (Lipinski definition) is 2. The van der Waals surface area contributed by atoms with Crippen LogP contribution in [0.5, 0.6) is 0 Å². The SMILES string of the molecule is COCc1cc(C(=O)Nc2ccc3[nH]c(=S)oc3c2)no1. The zero-order chi connectivity index (χ0) is 14.8. The molecule has 0 fully saturated rings. The molecular formula is C13H11N3O4S. The van der Waals surface area contributed by atoms with Gasteiger partial charge >= 0.3 is 0 Å². The highest BCUT2D eigenvalue weighted by atomic mass is 32.1. The quantitative estimate of drug-likeness (QED) is 0.720. The van der Waals surface area contributed by atoms with E-state index in [-0.39, 0.29) is 23.0 Å². The molecule has 21 heavy (non-hydrogen) atoms. The van der Waals surface area contributed by atoms with E-state index in [1.807, 2.05) is 0 Å². The van der Waals surface area contributed by atoms with Crippen molar-refractivity contribution >= 4 is 34.9 Å². The summed E-state index contributed by atoms with van der Waals surface area (Å²) in [6.45, 7) is 0.260. The summed E-state index contributed by atoms with van der Waals surface area (Å²) < 4.78 is 15.2. The van der Waals surface area contributed by atoms with Crippen LogP contribution in [0.3, 0.4) is 0 Å². The lowest BCUT2D eigenvalue weighted by molar-refractivity contribution is 0.101. The van der Waals surface area contributed by atoms with Gasteiger partial charge in [-0.1, -0.05) is 5.16 Å². The zero-order valence-corrected chi connectivity index (χ0v) is 11.8. The van der Waals surface area contributed by atoms with E-state index in [0.29, 0.717) is 17.0 Å². The van der Waals surface area contributed by atoms with E-state index in [1.54, 1.807) is 18.2 Å². The van der Waals surface area contributed by atoms with Crippen LogP contribution in [0, 0.1) is 4.84 Å². The van der Waals surface area contributed by atoms with Crippen molar-refractivity contribution in [3.05, 3.63) is 40.6 Å². The first-order valence-corrected chi connectivity index (χ1v) is 6.45. The number of aromatic nitrogens is 2. The van der Waals surface area contributed by atoms with Crippen LogP contribution in [0.25, 0.3) is 11.1 Å². The Hall–Kier alpha value is -2.45. The predicted molar refractivity (Wildman–Crippen MR) is 76.6 cm³/mol. The Morgan fingerprint density at radius 1 is 1.48 bits per heavy atom. The normalized spacial score (nSPS) is 10.9. The molecule has 2 heterocycles. The minimum Gasteiger partial charge on any atom is -0.429 e. The van der Waals surface area contributed by atoms with Gasteiger partial charge < -0.3 is 24.0 Å². The molecule has 7 nitrogen and oxygen atoms in total. The van der Waals surface area contributed by atoms with Gasteiger partial charge in [-0.05, 0) is 24.4 Å². The number of carbonyl (C=O) groups is 1. The molecule has 0 atom stereocenters. The van der Waals surface area contributed by atoms with Crippen molar-refractivity contribution in [1.29, 1.82) is 0 Å². The Morgan fingerprint density at radius 3 is 3.14 bits per heavy atom. The highest BCUT2D eigenvalue weighted by Gasteiger charge is 2.13. The molecule has 3 aromatic rings.